The van der Waals surface area contributed by atoms with Crippen LogP contribution in [-0.4, -0.2) is 36.0 Å². The van der Waals surface area contributed by atoms with Gasteiger partial charge in [-0.1, -0.05) is 13.8 Å². The SMILES string of the molecule is CCC(=O)C1CC(OC(=O)NC(C)(C)C)(S(=O)(=O)C2CC2)CC1C. The van der Waals surface area contributed by atoms with Gasteiger partial charge in [0.25, 0.3) is 0 Å². The Labute approximate surface area is 144 Å². The van der Waals surface area contributed by atoms with Gasteiger partial charge in [0.2, 0.25) is 4.93 Å². The molecule has 2 aliphatic rings. The molecule has 2 saturated carbocycles. The molecule has 0 saturated heterocycles. The highest BCUT2D eigenvalue weighted by Crippen LogP contribution is 2.50. The van der Waals surface area contributed by atoms with Crippen LogP contribution in [0.25, 0.3) is 0 Å². The van der Waals surface area contributed by atoms with E-state index in [1.165, 1.54) is 0 Å². The minimum Gasteiger partial charge on any atom is -0.426 e. The van der Waals surface area contributed by atoms with Crippen LogP contribution in [0, 0.1) is 11.8 Å². The molecule has 0 heterocycles. The van der Waals surface area contributed by atoms with Gasteiger partial charge in [0.05, 0.1) is 5.25 Å². The number of Topliss-reactive ketones (excluding diaryl/α,β-unsaturated/α-hetero) is 1. The minimum absolute atomic E-state index is 0.0372. The smallest absolute Gasteiger partial charge is 0.409 e. The summed E-state index contributed by atoms with van der Waals surface area (Å²) in [4.78, 5) is 22.9. The number of carbonyl (C=O) groups is 2. The first-order chi connectivity index (χ1) is 10.9. The Bertz CT molecular complexity index is 617. The lowest BCUT2D eigenvalue weighted by Gasteiger charge is -2.31. The number of ether oxygens (including phenoxy) is 1. The summed E-state index contributed by atoms with van der Waals surface area (Å²) in [5.74, 6) is -0.449. The third-order valence-corrected chi connectivity index (χ3v) is 7.65. The van der Waals surface area contributed by atoms with E-state index >= 15 is 0 Å². The maximum Gasteiger partial charge on any atom is 0.409 e. The molecular formula is C17H29NO5S. The molecule has 0 aromatic carbocycles. The summed E-state index contributed by atoms with van der Waals surface area (Å²) in [7, 11) is -3.62. The van der Waals surface area contributed by atoms with E-state index in [-0.39, 0.29) is 30.5 Å². The van der Waals surface area contributed by atoms with E-state index in [0.29, 0.717) is 19.3 Å². The number of hydrogen-bond donors (Lipinski definition) is 1. The number of alkyl carbamates (subject to hydrolysis) is 1. The quantitative estimate of drug-likeness (QED) is 0.815. The van der Waals surface area contributed by atoms with Gasteiger partial charge in [-0.3, -0.25) is 4.79 Å². The summed E-state index contributed by atoms with van der Waals surface area (Å²) in [6, 6.07) is 0. The first kappa shape index (κ1) is 19.2. The largest absolute Gasteiger partial charge is 0.426 e. The van der Waals surface area contributed by atoms with Crippen molar-refractivity contribution >= 4 is 21.7 Å². The summed E-state index contributed by atoms with van der Waals surface area (Å²) in [5, 5.41) is 2.22. The fraction of sp³-hybridized carbons (Fsp3) is 0.882. The number of rotatable bonds is 5. The molecule has 138 valence electrons. The zero-order valence-corrected chi connectivity index (χ0v) is 16.0. The van der Waals surface area contributed by atoms with Gasteiger partial charge in [0, 0.05) is 30.7 Å². The van der Waals surface area contributed by atoms with E-state index in [1.54, 1.807) is 27.7 Å². The first-order valence-electron chi connectivity index (χ1n) is 8.69. The second-order valence-electron chi connectivity index (χ2n) is 8.23. The van der Waals surface area contributed by atoms with E-state index in [9.17, 15) is 18.0 Å². The van der Waals surface area contributed by atoms with E-state index in [0.717, 1.165) is 0 Å². The molecule has 3 atom stereocenters. The molecule has 2 rings (SSSR count). The van der Waals surface area contributed by atoms with Gasteiger partial charge < -0.3 is 10.1 Å². The number of amides is 1. The van der Waals surface area contributed by atoms with Gasteiger partial charge in [-0.2, -0.15) is 0 Å². The van der Waals surface area contributed by atoms with Crippen LogP contribution in [0.2, 0.25) is 0 Å². The van der Waals surface area contributed by atoms with Crippen LogP contribution in [0.4, 0.5) is 4.79 Å². The average Bonchev–Trinajstić information content (AvgIpc) is 3.21. The lowest BCUT2D eigenvalue weighted by atomic mass is 9.92. The number of ketones is 1. The van der Waals surface area contributed by atoms with Crippen LogP contribution in [-0.2, 0) is 19.4 Å². The Morgan fingerprint density at radius 2 is 1.79 bits per heavy atom. The zero-order valence-electron chi connectivity index (χ0n) is 15.2. The molecule has 2 aliphatic carbocycles. The molecule has 24 heavy (non-hydrogen) atoms. The maximum atomic E-state index is 13.0. The fourth-order valence-corrected chi connectivity index (χ4v) is 5.97. The van der Waals surface area contributed by atoms with Gasteiger partial charge in [0.15, 0.2) is 9.84 Å². The molecule has 0 aromatic rings. The van der Waals surface area contributed by atoms with E-state index in [1.807, 2.05) is 6.92 Å². The van der Waals surface area contributed by atoms with Crippen LogP contribution < -0.4 is 5.32 Å². The number of nitrogens with one attached hydrogen (secondary N) is 1. The summed E-state index contributed by atoms with van der Waals surface area (Å²) in [5.41, 5.74) is -0.523. The van der Waals surface area contributed by atoms with Crippen molar-refractivity contribution < 1.29 is 22.7 Å². The van der Waals surface area contributed by atoms with Crippen LogP contribution in [0.15, 0.2) is 0 Å². The number of carbonyl (C=O) groups excluding carboxylic acids is 2. The van der Waals surface area contributed by atoms with Crippen molar-refractivity contribution in [3.8, 4) is 0 Å². The second-order valence-corrected chi connectivity index (χ2v) is 10.7. The topological polar surface area (TPSA) is 89.5 Å². The lowest BCUT2D eigenvalue weighted by Crippen LogP contribution is -2.49. The molecule has 0 bridgehead atoms. The van der Waals surface area contributed by atoms with Gasteiger partial charge >= 0.3 is 6.09 Å². The van der Waals surface area contributed by atoms with Crippen molar-refractivity contribution in [1.82, 2.24) is 5.32 Å². The van der Waals surface area contributed by atoms with Crippen LogP contribution in [0.5, 0.6) is 0 Å². The van der Waals surface area contributed by atoms with Crippen molar-refractivity contribution in [3.63, 3.8) is 0 Å². The highest BCUT2D eigenvalue weighted by atomic mass is 32.2. The molecule has 6 nitrogen and oxygen atoms in total. The molecule has 0 aromatic heterocycles. The highest BCUT2D eigenvalue weighted by molar-refractivity contribution is 7.93. The van der Waals surface area contributed by atoms with Crippen molar-refractivity contribution in [2.24, 2.45) is 11.8 Å². The van der Waals surface area contributed by atoms with E-state index in [2.05, 4.69) is 5.32 Å². The normalized spacial score (nSPS) is 30.9. The summed E-state index contributed by atoms with van der Waals surface area (Å²) in [6.07, 6.45) is 1.12. The van der Waals surface area contributed by atoms with Gasteiger partial charge in [-0.05, 0) is 39.5 Å². The van der Waals surface area contributed by atoms with Crippen molar-refractivity contribution in [2.75, 3.05) is 0 Å². The maximum absolute atomic E-state index is 13.0. The van der Waals surface area contributed by atoms with E-state index in [4.69, 9.17) is 4.74 Å². The Morgan fingerprint density at radius 3 is 2.25 bits per heavy atom. The summed E-state index contributed by atoms with van der Waals surface area (Å²) in [6.45, 7) is 9.05. The molecule has 1 amide bonds. The lowest BCUT2D eigenvalue weighted by molar-refractivity contribution is -0.123. The Balaban J connectivity index is 2.31. The molecule has 0 aliphatic heterocycles. The predicted octanol–water partition coefficient (Wildman–Crippen LogP) is 2.81. The molecule has 0 spiro atoms. The van der Waals surface area contributed by atoms with Gasteiger partial charge in [-0.15, -0.1) is 0 Å². The van der Waals surface area contributed by atoms with Crippen LogP contribution in [0.1, 0.15) is 66.7 Å². The van der Waals surface area contributed by atoms with Crippen LogP contribution >= 0.6 is 0 Å². The fourth-order valence-electron chi connectivity index (χ4n) is 3.50. The third kappa shape index (κ3) is 3.76. The number of sulfone groups is 1. The Hall–Kier alpha value is -1.11. The first-order valence-corrected chi connectivity index (χ1v) is 10.2. The Kier molecular flexibility index (Phi) is 5.06. The van der Waals surface area contributed by atoms with Gasteiger partial charge in [0.1, 0.15) is 5.78 Å². The van der Waals surface area contributed by atoms with Crippen LogP contribution in [0.3, 0.4) is 0 Å². The summed E-state index contributed by atoms with van der Waals surface area (Å²) < 4.78 is 31.6. The molecule has 3 unspecified atom stereocenters. The molecule has 0 radical (unpaired) electrons. The van der Waals surface area contributed by atoms with Crippen molar-refractivity contribution in [1.29, 1.82) is 0 Å². The van der Waals surface area contributed by atoms with Gasteiger partial charge in [-0.25, -0.2) is 13.2 Å². The minimum atomic E-state index is -3.62. The average molecular weight is 359 g/mol. The monoisotopic (exact) mass is 359 g/mol. The molecule has 2 fully saturated rings. The highest BCUT2D eigenvalue weighted by Gasteiger charge is 2.60. The molecule has 1 N–H and O–H groups in total. The van der Waals surface area contributed by atoms with Crippen molar-refractivity contribution in [3.05, 3.63) is 0 Å². The molecule has 7 heteroatoms. The number of hydrogen-bond acceptors (Lipinski definition) is 5. The van der Waals surface area contributed by atoms with Crippen molar-refractivity contribution in [2.45, 2.75) is 82.4 Å². The predicted molar refractivity (Wildman–Crippen MR) is 91.2 cm³/mol. The second kappa shape index (κ2) is 6.32. The molecular weight excluding hydrogens is 330 g/mol. The third-order valence-electron chi connectivity index (χ3n) is 4.85. The summed E-state index contributed by atoms with van der Waals surface area (Å²) >= 11 is 0. The van der Waals surface area contributed by atoms with E-state index < -0.39 is 31.7 Å². The zero-order chi connectivity index (χ0) is 18.3. The standard InChI is InChI=1S/C17H29NO5S/c1-6-14(19)13-10-17(9-11(13)2,24(21,22)12-7-8-12)23-15(20)18-16(3,4)5/h11-13H,6-10H2,1-5H3,(H,18,20). The Morgan fingerprint density at radius 1 is 1.21 bits per heavy atom.